The van der Waals surface area contributed by atoms with E-state index in [0.717, 1.165) is 18.5 Å². The molecule has 0 aliphatic carbocycles. The van der Waals surface area contributed by atoms with Crippen molar-refractivity contribution in [2.75, 3.05) is 18.4 Å². The summed E-state index contributed by atoms with van der Waals surface area (Å²) in [4.78, 5) is 11.5. The van der Waals surface area contributed by atoms with Crippen LogP contribution in [0.1, 0.15) is 12.0 Å². The first-order valence-electron chi connectivity index (χ1n) is 6.20. The van der Waals surface area contributed by atoms with E-state index in [1.807, 2.05) is 0 Å². The summed E-state index contributed by atoms with van der Waals surface area (Å²) in [5.74, 6) is -0.0995. The second-order valence-corrected chi connectivity index (χ2v) is 6.57. The molecule has 0 radical (unpaired) electrons. The second-order valence-electron chi connectivity index (χ2n) is 4.85. The lowest BCUT2D eigenvalue weighted by atomic mass is 10.2. The average molecular weight is 281 g/mol. The Balaban J connectivity index is 1.85. The van der Waals surface area contributed by atoms with Crippen LogP contribution in [0.5, 0.6) is 0 Å². The summed E-state index contributed by atoms with van der Waals surface area (Å²) in [5, 5.41) is 5.80. The Morgan fingerprint density at radius 3 is 2.89 bits per heavy atom. The third kappa shape index (κ3) is 2.49. The SMILES string of the molecule is O=C1Cc2cc(S(=O)(=O)N[C@H]3CCNC3)ccc2N1. The van der Waals surface area contributed by atoms with Gasteiger partial charge in [-0.05, 0) is 36.7 Å². The van der Waals surface area contributed by atoms with Crippen LogP contribution in [0.3, 0.4) is 0 Å². The summed E-state index contributed by atoms with van der Waals surface area (Å²) in [7, 11) is -3.51. The molecule has 2 heterocycles. The van der Waals surface area contributed by atoms with Crippen LogP contribution in [0, 0.1) is 0 Å². The fourth-order valence-electron chi connectivity index (χ4n) is 2.42. The minimum absolute atomic E-state index is 0.0574. The van der Waals surface area contributed by atoms with Crippen molar-refractivity contribution < 1.29 is 13.2 Å². The Morgan fingerprint density at radius 2 is 2.16 bits per heavy atom. The number of anilines is 1. The standard InChI is InChI=1S/C12H15N3O3S/c16-12-6-8-5-10(1-2-11(8)14-12)19(17,18)15-9-3-4-13-7-9/h1-2,5,9,13,15H,3-4,6-7H2,(H,14,16)/t9-/m0/s1. The molecule has 7 heteroatoms. The van der Waals surface area contributed by atoms with Crippen LogP contribution in [0.4, 0.5) is 5.69 Å². The number of fused-ring (bicyclic) bond motifs is 1. The molecule has 1 saturated heterocycles. The molecular weight excluding hydrogens is 266 g/mol. The van der Waals surface area contributed by atoms with E-state index in [1.54, 1.807) is 12.1 Å². The molecule has 19 heavy (non-hydrogen) atoms. The van der Waals surface area contributed by atoms with Crippen molar-refractivity contribution in [2.24, 2.45) is 0 Å². The average Bonchev–Trinajstić information content (AvgIpc) is 2.95. The Labute approximate surface area is 111 Å². The largest absolute Gasteiger partial charge is 0.326 e. The maximum Gasteiger partial charge on any atom is 0.240 e. The third-order valence-electron chi connectivity index (χ3n) is 3.39. The molecule has 102 valence electrons. The monoisotopic (exact) mass is 281 g/mol. The molecule has 6 nitrogen and oxygen atoms in total. The fourth-order valence-corrected chi connectivity index (χ4v) is 3.74. The maximum atomic E-state index is 12.2. The summed E-state index contributed by atoms with van der Waals surface area (Å²) in [5.41, 5.74) is 1.43. The quantitative estimate of drug-likeness (QED) is 0.717. The van der Waals surface area contributed by atoms with Gasteiger partial charge in [0.1, 0.15) is 0 Å². The van der Waals surface area contributed by atoms with Gasteiger partial charge in [0.25, 0.3) is 0 Å². The van der Waals surface area contributed by atoms with Crippen LogP contribution in [0.15, 0.2) is 23.1 Å². The summed E-state index contributed by atoms with van der Waals surface area (Å²) < 4.78 is 27.1. The highest BCUT2D eigenvalue weighted by atomic mass is 32.2. The molecule has 1 amide bonds. The number of carbonyl (C=O) groups is 1. The summed E-state index contributed by atoms with van der Waals surface area (Å²) in [6, 6.07) is 4.67. The Hall–Kier alpha value is -1.44. The Kier molecular flexibility index (Phi) is 3.04. The predicted octanol–water partition coefficient (Wildman–Crippen LogP) is -0.179. The van der Waals surface area contributed by atoms with E-state index in [0.29, 0.717) is 12.2 Å². The molecule has 0 spiro atoms. The first kappa shape index (κ1) is 12.6. The van der Waals surface area contributed by atoms with E-state index in [1.165, 1.54) is 6.07 Å². The summed E-state index contributed by atoms with van der Waals surface area (Å²) >= 11 is 0. The van der Waals surface area contributed by atoms with E-state index in [4.69, 9.17) is 0 Å². The second kappa shape index (κ2) is 4.59. The van der Waals surface area contributed by atoms with Crippen LogP contribution in [0.25, 0.3) is 0 Å². The van der Waals surface area contributed by atoms with Crippen molar-refractivity contribution in [2.45, 2.75) is 23.8 Å². The van der Waals surface area contributed by atoms with Gasteiger partial charge in [-0.1, -0.05) is 0 Å². The van der Waals surface area contributed by atoms with Gasteiger partial charge < -0.3 is 10.6 Å². The summed E-state index contributed by atoms with van der Waals surface area (Å²) in [6.45, 7) is 1.49. The fraction of sp³-hybridized carbons (Fsp3) is 0.417. The molecule has 1 aromatic carbocycles. The van der Waals surface area contributed by atoms with E-state index in [-0.39, 0.29) is 23.3 Å². The molecule has 3 N–H and O–H groups in total. The van der Waals surface area contributed by atoms with Gasteiger partial charge in [-0.15, -0.1) is 0 Å². The third-order valence-corrected chi connectivity index (χ3v) is 4.91. The van der Waals surface area contributed by atoms with Gasteiger partial charge in [0.2, 0.25) is 15.9 Å². The molecule has 2 aliphatic rings. The minimum Gasteiger partial charge on any atom is -0.326 e. The van der Waals surface area contributed by atoms with Gasteiger partial charge >= 0.3 is 0 Å². The highest BCUT2D eigenvalue weighted by molar-refractivity contribution is 7.89. The van der Waals surface area contributed by atoms with Gasteiger partial charge in [0.05, 0.1) is 11.3 Å². The Morgan fingerprint density at radius 1 is 1.32 bits per heavy atom. The van der Waals surface area contributed by atoms with Crippen molar-refractivity contribution in [3.05, 3.63) is 23.8 Å². The van der Waals surface area contributed by atoms with Crippen molar-refractivity contribution in [1.82, 2.24) is 10.0 Å². The van der Waals surface area contributed by atoms with Crippen LogP contribution in [0.2, 0.25) is 0 Å². The molecule has 1 atom stereocenters. The van der Waals surface area contributed by atoms with Crippen LogP contribution in [-0.4, -0.2) is 33.5 Å². The zero-order valence-corrected chi connectivity index (χ0v) is 11.1. The van der Waals surface area contributed by atoms with Gasteiger partial charge in [0, 0.05) is 18.3 Å². The van der Waals surface area contributed by atoms with Gasteiger partial charge in [-0.2, -0.15) is 0 Å². The molecule has 0 bridgehead atoms. The molecule has 0 unspecified atom stereocenters. The molecule has 1 fully saturated rings. The van der Waals surface area contributed by atoms with E-state index in [9.17, 15) is 13.2 Å². The lowest BCUT2D eigenvalue weighted by Gasteiger charge is -2.12. The normalized spacial score (nSPS) is 22.3. The first-order valence-corrected chi connectivity index (χ1v) is 7.69. The smallest absolute Gasteiger partial charge is 0.240 e. The zero-order valence-electron chi connectivity index (χ0n) is 10.3. The summed E-state index contributed by atoms with van der Waals surface area (Å²) in [6.07, 6.45) is 1.04. The van der Waals surface area contributed by atoms with Crippen LogP contribution < -0.4 is 15.4 Å². The number of amides is 1. The number of hydrogen-bond acceptors (Lipinski definition) is 4. The molecule has 0 aromatic heterocycles. The minimum atomic E-state index is -3.51. The molecule has 3 rings (SSSR count). The number of nitrogens with one attached hydrogen (secondary N) is 3. The molecule has 1 aromatic rings. The van der Waals surface area contributed by atoms with Crippen molar-refractivity contribution in [3.8, 4) is 0 Å². The van der Waals surface area contributed by atoms with E-state index >= 15 is 0 Å². The number of sulfonamides is 1. The lowest BCUT2D eigenvalue weighted by Crippen LogP contribution is -2.36. The van der Waals surface area contributed by atoms with Crippen molar-refractivity contribution in [1.29, 1.82) is 0 Å². The van der Waals surface area contributed by atoms with Crippen molar-refractivity contribution >= 4 is 21.6 Å². The Bertz CT molecular complexity index is 621. The predicted molar refractivity (Wildman–Crippen MR) is 70.4 cm³/mol. The van der Waals surface area contributed by atoms with Crippen LogP contribution >= 0.6 is 0 Å². The topological polar surface area (TPSA) is 87.3 Å². The first-order chi connectivity index (χ1) is 9.04. The highest BCUT2D eigenvalue weighted by Gasteiger charge is 2.25. The molecular formula is C12H15N3O3S. The number of carbonyl (C=O) groups excluding carboxylic acids is 1. The van der Waals surface area contributed by atoms with Crippen LogP contribution in [-0.2, 0) is 21.2 Å². The van der Waals surface area contributed by atoms with Gasteiger partial charge in [0.15, 0.2) is 0 Å². The lowest BCUT2D eigenvalue weighted by molar-refractivity contribution is -0.115. The van der Waals surface area contributed by atoms with Gasteiger partial charge in [-0.3, -0.25) is 4.79 Å². The van der Waals surface area contributed by atoms with Gasteiger partial charge in [-0.25, -0.2) is 13.1 Å². The number of hydrogen-bond donors (Lipinski definition) is 3. The number of benzene rings is 1. The maximum absolute atomic E-state index is 12.2. The molecule has 0 saturated carbocycles. The highest BCUT2D eigenvalue weighted by Crippen LogP contribution is 2.25. The van der Waals surface area contributed by atoms with Crippen molar-refractivity contribution in [3.63, 3.8) is 0 Å². The molecule has 2 aliphatic heterocycles. The number of rotatable bonds is 3. The van der Waals surface area contributed by atoms with E-state index in [2.05, 4.69) is 15.4 Å². The zero-order chi connectivity index (χ0) is 13.5. The van der Waals surface area contributed by atoms with E-state index < -0.39 is 10.0 Å².